The molecule has 3 N–H and O–H groups in total. The van der Waals surface area contributed by atoms with Gasteiger partial charge in [-0.3, -0.25) is 0 Å². The van der Waals surface area contributed by atoms with Crippen LogP contribution in [-0.2, 0) is 11.8 Å². The number of aliphatic hydroxyl groups is 1. The highest BCUT2D eigenvalue weighted by Gasteiger charge is 2.44. The van der Waals surface area contributed by atoms with E-state index in [0.717, 1.165) is 25.8 Å². The van der Waals surface area contributed by atoms with Crippen molar-refractivity contribution in [1.82, 2.24) is 5.32 Å². The molecule has 1 fully saturated rings. The Morgan fingerprint density at radius 1 is 1.12 bits per heavy atom. The van der Waals surface area contributed by atoms with Crippen molar-refractivity contribution in [2.24, 2.45) is 0 Å². The van der Waals surface area contributed by atoms with Crippen molar-refractivity contribution in [3.63, 3.8) is 0 Å². The molecule has 2 bridgehead atoms. The zero-order valence-electron chi connectivity index (χ0n) is 14.5. The summed E-state index contributed by atoms with van der Waals surface area (Å²) in [5, 5.41) is 21.6. The molecule has 0 spiro atoms. The maximum atomic E-state index is 9.93. The third kappa shape index (κ3) is 3.33. The van der Waals surface area contributed by atoms with E-state index < -0.39 is 0 Å². The van der Waals surface area contributed by atoms with E-state index in [9.17, 15) is 5.11 Å². The minimum absolute atomic E-state index is 0.0729. The molecule has 2 aromatic carbocycles. The molecule has 1 heterocycles. The summed E-state index contributed by atoms with van der Waals surface area (Å²) in [4.78, 5) is 0. The number of aromatic hydroxyl groups is 1. The van der Waals surface area contributed by atoms with Gasteiger partial charge in [0, 0.05) is 17.6 Å². The number of nitrogens with one attached hydrogen (secondary N) is 1. The molecule has 4 rings (SSSR count). The van der Waals surface area contributed by atoms with Crippen molar-refractivity contribution in [2.75, 3.05) is 6.54 Å². The van der Waals surface area contributed by atoms with Crippen LogP contribution < -0.4 is 5.32 Å². The number of fused-ring (bicyclic) bond motifs is 4. The summed E-state index contributed by atoms with van der Waals surface area (Å²) in [5.74, 6) is 0.385. The topological polar surface area (TPSA) is 52.5 Å². The Morgan fingerprint density at radius 2 is 1.83 bits per heavy atom. The molecule has 3 nitrogen and oxygen atoms in total. The summed E-state index contributed by atoms with van der Waals surface area (Å²) in [6.45, 7) is 4.49. The number of aliphatic hydroxyl groups excluding tert-OH is 1. The standard InChI is InChI=1S/C18H19NO.C3H8O/c20-16-7-6-13-10-15-12-18(8-9-19-15,17(13)11-16)14-4-2-1-3-5-14;1-3(2)4/h1-7,11,15,19-20H,8-10,12H2;3-4H,1-2H3. The lowest BCUT2D eigenvalue weighted by Crippen LogP contribution is -2.51. The number of phenolic OH excluding ortho intramolecular Hbond substituents is 1. The van der Waals surface area contributed by atoms with Gasteiger partial charge in [-0.15, -0.1) is 0 Å². The molecule has 3 heteroatoms. The van der Waals surface area contributed by atoms with Gasteiger partial charge in [0.15, 0.2) is 0 Å². The van der Waals surface area contributed by atoms with Crippen molar-refractivity contribution in [3.05, 3.63) is 65.2 Å². The molecule has 0 radical (unpaired) electrons. The molecule has 128 valence electrons. The third-order valence-electron chi connectivity index (χ3n) is 4.98. The first-order chi connectivity index (χ1) is 11.5. The third-order valence-corrected chi connectivity index (χ3v) is 4.98. The van der Waals surface area contributed by atoms with E-state index in [-0.39, 0.29) is 11.5 Å². The number of rotatable bonds is 1. The Kier molecular flexibility index (Phi) is 4.93. The predicted octanol–water partition coefficient (Wildman–Crippen LogP) is 3.37. The number of hydrogen-bond donors (Lipinski definition) is 3. The number of piperidine rings is 1. The Hall–Kier alpha value is -1.84. The van der Waals surface area contributed by atoms with Crippen molar-refractivity contribution in [2.45, 2.75) is 50.7 Å². The van der Waals surface area contributed by atoms with Crippen molar-refractivity contribution in [3.8, 4) is 5.75 Å². The number of benzene rings is 2. The minimum atomic E-state index is -0.167. The summed E-state index contributed by atoms with van der Waals surface area (Å²) in [6, 6.07) is 17.3. The summed E-state index contributed by atoms with van der Waals surface area (Å²) in [6.07, 6.45) is 3.14. The molecule has 0 saturated carbocycles. The zero-order valence-corrected chi connectivity index (χ0v) is 14.5. The Bertz CT molecular complexity index is 681. The lowest BCUT2D eigenvalue weighted by molar-refractivity contribution is 0.216. The van der Waals surface area contributed by atoms with E-state index in [2.05, 4.69) is 41.7 Å². The van der Waals surface area contributed by atoms with Crippen LogP contribution in [0.5, 0.6) is 5.75 Å². The van der Waals surface area contributed by atoms with Crippen LogP contribution in [0.2, 0.25) is 0 Å². The van der Waals surface area contributed by atoms with E-state index in [0.29, 0.717) is 11.8 Å². The molecule has 24 heavy (non-hydrogen) atoms. The fourth-order valence-corrected chi connectivity index (χ4v) is 4.10. The van der Waals surface area contributed by atoms with Gasteiger partial charge in [0.05, 0.1) is 0 Å². The molecular weight excluding hydrogens is 298 g/mol. The van der Waals surface area contributed by atoms with E-state index in [1.54, 1.807) is 13.8 Å². The highest BCUT2D eigenvalue weighted by Crippen LogP contribution is 2.47. The largest absolute Gasteiger partial charge is 0.508 e. The van der Waals surface area contributed by atoms with E-state index in [4.69, 9.17) is 5.11 Å². The van der Waals surface area contributed by atoms with Crippen LogP contribution in [0.25, 0.3) is 0 Å². The first kappa shape index (κ1) is 17.0. The molecule has 2 unspecified atom stereocenters. The first-order valence-corrected chi connectivity index (χ1v) is 8.80. The molecule has 0 amide bonds. The molecular formula is C21H27NO2. The second-order valence-corrected chi connectivity index (χ2v) is 7.19. The van der Waals surface area contributed by atoms with E-state index in [1.165, 1.54) is 16.7 Å². The van der Waals surface area contributed by atoms with Gasteiger partial charge >= 0.3 is 0 Å². The molecule has 1 aliphatic carbocycles. The van der Waals surface area contributed by atoms with Crippen molar-refractivity contribution >= 4 is 0 Å². The van der Waals surface area contributed by atoms with Gasteiger partial charge in [0.1, 0.15) is 5.75 Å². The van der Waals surface area contributed by atoms with Crippen LogP contribution in [-0.4, -0.2) is 28.9 Å². The van der Waals surface area contributed by atoms with Crippen molar-refractivity contribution in [1.29, 1.82) is 0 Å². The van der Waals surface area contributed by atoms with Crippen molar-refractivity contribution < 1.29 is 10.2 Å². The average Bonchev–Trinajstić information content (AvgIpc) is 2.56. The Balaban J connectivity index is 0.000000383. The smallest absolute Gasteiger partial charge is 0.115 e. The summed E-state index contributed by atoms with van der Waals surface area (Å²) in [7, 11) is 0. The zero-order chi connectivity index (χ0) is 17.2. The highest BCUT2D eigenvalue weighted by molar-refractivity contribution is 5.50. The lowest BCUT2D eigenvalue weighted by atomic mass is 9.61. The van der Waals surface area contributed by atoms with Gasteiger partial charge in [-0.1, -0.05) is 36.4 Å². The summed E-state index contributed by atoms with van der Waals surface area (Å²) >= 11 is 0. The van der Waals surface area contributed by atoms with Crippen LogP contribution in [0, 0.1) is 0 Å². The fraction of sp³-hybridized carbons (Fsp3) is 0.429. The second-order valence-electron chi connectivity index (χ2n) is 7.19. The van der Waals surface area contributed by atoms with Crippen LogP contribution in [0.3, 0.4) is 0 Å². The van der Waals surface area contributed by atoms with Gasteiger partial charge < -0.3 is 15.5 Å². The molecule has 1 aliphatic heterocycles. The number of phenols is 1. The van der Waals surface area contributed by atoms with Gasteiger partial charge in [-0.05, 0) is 68.5 Å². The first-order valence-electron chi connectivity index (χ1n) is 8.80. The normalized spacial score (nSPS) is 24.8. The molecule has 1 saturated heterocycles. The molecule has 2 aromatic rings. The summed E-state index contributed by atoms with van der Waals surface area (Å²) in [5.41, 5.74) is 4.18. The van der Waals surface area contributed by atoms with E-state index in [1.807, 2.05) is 12.1 Å². The predicted molar refractivity (Wildman–Crippen MR) is 97.4 cm³/mol. The number of hydrogen-bond acceptors (Lipinski definition) is 3. The Morgan fingerprint density at radius 3 is 2.54 bits per heavy atom. The average molecular weight is 325 g/mol. The van der Waals surface area contributed by atoms with Gasteiger partial charge in [-0.25, -0.2) is 0 Å². The molecule has 2 aliphatic rings. The van der Waals surface area contributed by atoms with Gasteiger partial charge in [0.2, 0.25) is 0 Å². The summed E-state index contributed by atoms with van der Waals surface area (Å²) < 4.78 is 0. The van der Waals surface area contributed by atoms with E-state index >= 15 is 0 Å². The fourth-order valence-electron chi connectivity index (χ4n) is 4.10. The SMILES string of the molecule is CC(C)O.Oc1ccc2c(c1)C1(c3ccccc3)CCNC(C2)C1. The lowest BCUT2D eigenvalue weighted by Gasteiger charge is -2.47. The maximum Gasteiger partial charge on any atom is 0.115 e. The maximum absolute atomic E-state index is 9.93. The molecule has 2 atom stereocenters. The molecule has 0 aromatic heterocycles. The van der Waals surface area contributed by atoms with Gasteiger partial charge in [0.25, 0.3) is 0 Å². The highest BCUT2D eigenvalue weighted by atomic mass is 16.3. The van der Waals surface area contributed by atoms with Gasteiger partial charge in [-0.2, -0.15) is 0 Å². The van der Waals surface area contributed by atoms with Crippen LogP contribution >= 0.6 is 0 Å². The van der Waals surface area contributed by atoms with Crippen LogP contribution in [0.4, 0.5) is 0 Å². The Labute approximate surface area is 144 Å². The monoisotopic (exact) mass is 325 g/mol. The second kappa shape index (κ2) is 6.96. The quantitative estimate of drug-likeness (QED) is 0.753. The van der Waals surface area contributed by atoms with Crippen LogP contribution in [0.15, 0.2) is 48.5 Å². The minimum Gasteiger partial charge on any atom is -0.508 e. The van der Waals surface area contributed by atoms with Crippen LogP contribution in [0.1, 0.15) is 43.4 Å².